The Labute approximate surface area is 287 Å². The molecule has 0 amide bonds. The van der Waals surface area contributed by atoms with Crippen molar-refractivity contribution in [3.05, 3.63) is 0 Å². The highest BCUT2D eigenvalue weighted by Crippen LogP contribution is 2.71. The van der Waals surface area contributed by atoms with Crippen molar-refractivity contribution in [1.29, 1.82) is 0 Å². The van der Waals surface area contributed by atoms with Crippen molar-refractivity contribution in [1.82, 2.24) is 0 Å². The molecule has 2 bridgehead atoms. The molecule has 1 spiro atoms. The highest BCUT2D eigenvalue weighted by Gasteiger charge is 2.67. The predicted molar refractivity (Wildman–Crippen MR) is 159 cm³/mol. The van der Waals surface area contributed by atoms with Crippen LogP contribution in [0.5, 0.6) is 0 Å². The van der Waals surface area contributed by atoms with E-state index in [9.17, 15) is 35.4 Å². The zero-order chi connectivity index (χ0) is 34.8. The number of hydrogen-bond donors (Lipinski definition) is 3. The topological polar surface area (TPSA) is 224 Å². The Morgan fingerprint density at radius 3 is 2.33 bits per heavy atom. The van der Waals surface area contributed by atoms with Crippen LogP contribution in [0, 0.1) is 46.3 Å². The maximum atomic E-state index is 13.0. The number of carbonyl (C=O) groups excluding carboxylic acids is 1. The van der Waals surface area contributed by atoms with Crippen molar-refractivity contribution >= 4 is 36.6 Å². The van der Waals surface area contributed by atoms with Gasteiger partial charge in [-0.05, 0) is 80.0 Å². The Morgan fingerprint density at radius 1 is 1.02 bits per heavy atom. The van der Waals surface area contributed by atoms with Gasteiger partial charge in [-0.3, -0.25) is 28.0 Å². The molecule has 48 heavy (non-hydrogen) atoms. The molecule has 1 heterocycles. The number of carboxylic acids is 1. The molecule has 5 rings (SSSR count). The minimum absolute atomic E-state index is 0.00978. The summed E-state index contributed by atoms with van der Waals surface area (Å²) in [5.41, 5.74) is -0.771. The van der Waals surface area contributed by atoms with Gasteiger partial charge in [0.25, 0.3) is 0 Å². The number of aliphatic carboxylic acids is 1. The van der Waals surface area contributed by atoms with Crippen molar-refractivity contribution < 1.29 is 76.7 Å². The maximum absolute atomic E-state index is 13.0. The number of fused-ring (bicyclic) bond motifs is 3. The minimum atomic E-state index is -1.40. The van der Waals surface area contributed by atoms with Gasteiger partial charge in [0.1, 0.15) is 18.3 Å². The zero-order valence-corrected chi connectivity index (χ0v) is 29.0. The highest BCUT2D eigenvalue weighted by molar-refractivity contribution is 7.90. The monoisotopic (exact) mass is 726 g/mol. The molecule has 0 aromatic heterocycles. The number of carboxylic acid groups (broad SMARTS) is 1. The van der Waals surface area contributed by atoms with Gasteiger partial charge in [0.2, 0.25) is 0 Å². The van der Waals surface area contributed by atoms with Crippen LogP contribution < -0.4 is 10.5 Å². The summed E-state index contributed by atoms with van der Waals surface area (Å²) in [6, 6.07) is 0. The van der Waals surface area contributed by atoms with Crippen LogP contribution in [-0.2, 0) is 50.9 Å². The molecule has 4 saturated carbocycles. The van der Waals surface area contributed by atoms with Crippen LogP contribution in [0.15, 0.2) is 0 Å². The first-order valence-electron chi connectivity index (χ1n) is 16.5. The van der Waals surface area contributed by atoms with Crippen LogP contribution >= 0.6 is 24.6 Å². The lowest BCUT2D eigenvalue weighted by Crippen LogP contribution is -2.63. The van der Waals surface area contributed by atoms with Crippen LogP contribution in [-0.4, -0.2) is 76.8 Å². The van der Waals surface area contributed by atoms with E-state index in [2.05, 4.69) is 32.6 Å². The van der Waals surface area contributed by atoms with Crippen molar-refractivity contribution in [2.45, 2.75) is 122 Å². The molecule has 14 atom stereocenters. The molecule has 4 aliphatic carbocycles. The van der Waals surface area contributed by atoms with E-state index >= 15 is 0 Å². The van der Waals surface area contributed by atoms with E-state index in [0.717, 1.165) is 25.7 Å². The van der Waals surface area contributed by atoms with Crippen molar-refractivity contribution in [3.8, 4) is 0 Å². The van der Waals surface area contributed by atoms with Crippen LogP contribution in [0.2, 0.25) is 0 Å². The fourth-order valence-corrected chi connectivity index (χ4v) is 10.8. The van der Waals surface area contributed by atoms with Gasteiger partial charge in [-0.25, -0.2) is 0 Å². The summed E-state index contributed by atoms with van der Waals surface area (Å²) < 4.78 is 38.1. The maximum Gasteiger partial charge on any atom is 0.306 e. The Balaban J connectivity index is 1.45. The summed E-state index contributed by atoms with van der Waals surface area (Å²) in [7, 11) is 0. The van der Waals surface area contributed by atoms with Gasteiger partial charge < -0.3 is 40.0 Å². The average Bonchev–Trinajstić information content (AvgIpc) is 3.21. The second-order valence-corrected chi connectivity index (χ2v) is 15.7. The third-order valence-electron chi connectivity index (χ3n) is 11.9. The van der Waals surface area contributed by atoms with Gasteiger partial charge in [0, 0.05) is 11.8 Å². The molecule has 3 N–H and O–H groups in total. The molecule has 0 aromatic carbocycles. The molecule has 11 unspecified atom stereocenters. The van der Waals surface area contributed by atoms with Crippen LogP contribution in [0.25, 0.3) is 0 Å². The second kappa shape index (κ2) is 16.2. The number of carbonyl (C=O) groups is 2. The minimum Gasteiger partial charge on any atom is -0.691 e. The molecule has 5 aliphatic rings. The second-order valence-electron chi connectivity index (χ2n) is 14.7. The summed E-state index contributed by atoms with van der Waals surface area (Å²) >= 11 is 0.208. The number of hydrogen-bond acceptors (Lipinski definition) is 17. The number of rotatable bonds is 15. The molecule has 1 saturated heterocycles. The molecule has 1 aliphatic heterocycles. The fourth-order valence-electron chi connectivity index (χ4n) is 10.1. The summed E-state index contributed by atoms with van der Waals surface area (Å²) in [5, 5.41) is 60.0. The van der Waals surface area contributed by atoms with Gasteiger partial charge >= 0.3 is 11.9 Å². The largest absolute Gasteiger partial charge is 0.691 e. The van der Waals surface area contributed by atoms with Gasteiger partial charge in [-0.1, -0.05) is 27.7 Å². The fraction of sp³-hybridized carbons (Fsp3) is 0.933. The van der Waals surface area contributed by atoms with E-state index in [1.54, 1.807) is 0 Å². The normalized spacial score (nSPS) is 43.9. The molecule has 0 aromatic rings. The lowest BCUT2D eigenvalue weighted by molar-refractivity contribution is -0.778. The molecule has 16 nitrogen and oxygen atoms in total. The average molecular weight is 727 g/mol. The van der Waals surface area contributed by atoms with E-state index < -0.39 is 72.8 Å². The number of ether oxygens (including phenoxy) is 3. The smallest absolute Gasteiger partial charge is 0.306 e. The molecule has 5 fully saturated rings. The molecule has 276 valence electrons. The standard InChI is InChI=1S/C30H48O16S2/c1-14(2)9-22(32)40-25-24(42-48-46-44-37)23(41-47-45-43-36)20(13-31)39-28(25)38-17-10-18(27(34)35)19-7-8-30-11-16(15(3)26(30)33)5-6-21(30)29(19,4)12-17/h14-21,23-26,28,31,33,36-37H,5-13H2,1-4H3,(H,34,35)/p-2/t15?,16?,17?,18?,19?,20-,21?,23+,24?,25?,26-,28?,29?,30?/m0/s1. The van der Waals surface area contributed by atoms with Crippen LogP contribution in [0.4, 0.5) is 0 Å². The molecule has 0 radical (unpaired) electrons. The van der Waals surface area contributed by atoms with Crippen molar-refractivity contribution in [2.24, 2.45) is 46.3 Å². The first-order chi connectivity index (χ1) is 22.9. The Bertz CT molecular complexity index is 1100. The third kappa shape index (κ3) is 7.53. The Kier molecular flexibility index (Phi) is 13.0. The molecular formula is C30H46O16S2-2. The summed E-state index contributed by atoms with van der Waals surface area (Å²) in [4.78, 5) is 25.9. The lowest BCUT2D eigenvalue weighted by atomic mass is 9.43. The molecular weight excluding hydrogens is 680 g/mol. The summed E-state index contributed by atoms with van der Waals surface area (Å²) in [5.74, 6) is -1.82. The first-order valence-corrected chi connectivity index (χ1v) is 17.8. The summed E-state index contributed by atoms with van der Waals surface area (Å²) in [6.45, 7) is 7.22. The highest BCUT2D eigenvalue weighted by atomic mass is 32.2. The Morgan fingerprint density at radius 2 is 1.71 bits per heavy atom. The third-order valence-corrected chi connectivity index (χ3v) is 12.7. The zero-order valence-electron chi connectivity index (χ0n) is 27.3. The van der Waals surface area contributed by atoms with E-state index in [4.69, 9.17) is 22.6 Å². The SMILES string of the molecule is CC(C)CC(=O)OC1C(OC2CC(C(=O)O)C3CCC45CC(CCC4C3(C)C2)C(C)[C@@H]5O)O[C@@H](CO)[C@@H](OSOO[O-])C1OSOO[O-]. The van der Waals surface area contributed by atoms with Gasteiger partial charge in [0.05, 0.1) is 24.7 Å². The predicted octanol–water partition coefficient (Wildman–Crippen LogP) is 1.71. The van der Waals surface area contributed by atoms with Crippen LogP contribution in [0.3, 0.4) is 0 Å². The van der Waals surface area contributed by atoms with E-state index in [1.807, 2.05) is 13.8 Å². The quantitative estimate of drug-likeness (QED) is 0.0545. The number of aliphatic hydroxyl groups excluding tert-OH is 2. The summed E-state index contributed by atoms with van der Waals surface area (Å²) in [6.07, 6.45) is -2.95. The van der Waals surface area contributed by atoms with Gasteiger partial charge in [-0.15, -0.1) is 8.67 Å². The Hall–Kier alpha value is -0.840. The number of aliphatic hydroxyl groups is 2. The van der Waals surface area contributed by atoms with Crippen LogP contribution in [0.1, 0.15) is 79.1 Å². The number of esters is 1. The van der Waals surface area contributed by atoms with Gasteiger partial charge in [-0.2, -0.15) is 0 Å². The lowest BCUT2D eigenvalue weighted by Gasteiger charge is -2.62. The van der Waals surface area contributed by atoms with E-state index in [1.165, 1.54) is 0 Å². The van der Waals surface area contributed by atoms with E-state index in [-0.39, 0.29) is 66.6 Å². The van der Waals surface area contributed by atoms with Crippen molar-refractivity contribution in [2.75, 3.05) is 6.61 Å². The van der Waals surface area contributed by atoms with Gasteiger partial charge in [0.15, 0.2) is 37.0 Å². The van der Waals surface area contributed by atoms with Crippen molar-refractivity contribution in [3.63, 3.8) is 0 Å². The van der Waals surface area contributed by atoms with E-state index in [0.29, 0.717) is 18.8 Å². The molecule has 18 heteroatoms. The first kappa shape index (κ1) is 38.4.